The second kappa shape index (κ2) is 7.00. The number of halogens is 1. The summed E-state index contributed by atoms with van der Waals surface area (Å²) in [6, 6.07) is 13.4. The van der Waals surface area contributed by atoms with Crippen molar-refractivity contribution in [3.05, 3.63) is 52.0 Å². The van der Waals surface area contributed by atoms with Crippen LogP contribution in [0.3, 0.4) is 0 Å². The van der Waals surface area contributed by atoms with Gasteiger partial charge >= 0.3 is 0 Å². The topological polar surface area (TPSA) is 54.3 Å². The third kappa shape index (κ3) is 3.89. The van der Waals surface area contributed by atoms with E-state index in [1.807, 2.05) is 30.3 Å². The quantitative estimate of drug-likeness (QED) is 0.890. The molecule has 2 aromatic carbocycles. The summed E-state index contributed by atoms with van der Waals surface area (Å²) < 4.78 is 11.4. The van der Waals surface area contributed by atoms with Gasteiger partial charge in [-0.3, -0.25) is 0 Å². The first-order valence-corrected chi connectivity index (χ1v) is 7.11. The molecule has 21 heavy (non-hydrogen) atoms. The van der Waals surface area contributed by atoms with Gasteiger partial charge in [-0.1, -0.05) is 22.0 Å². The zero-order valence-electron chi connectivity index (χ0n) is 11.8. The molecule has 0 aliphatic carbocycles. The summed E-state index contributed by atoms with van der Waals surface area (Å²) >= 11 is 3.39. The number of methoxy groups -OCH3 is 2. The SMILES string of the molecule is COc1ccc(CNc2cc(Br)cc(C#N)c2)cc1OC. The van der Waals surface area contributed by atoms with Crippen molar-refractivity contribution in [3.63, 3.8) is 0 Å². The number of rotatable bonds is 5. The zero-order valence-corrected chi connectivity index (χ0v) is 13.4. The predicted molar refractivity (Wildman–Crippen MR) is 85.7 cm³/mol. The lowest BCUT2D eigenvalue weighted by Crippen LogP contribution is -2.01. The van der Waals surface area contributed by atoms with Crippen molar-refractivity contribution in [1.82, 2.24) is 0 Å². The second-order valence-corrected chi connectivity index (χ2v) is 5.30. The Bertz CT molecular complexity index is 680. The molecular weight excluding hydrogens is 332 g/mol. The minimum absolute atomic E-state index is 0.610. The van der Waals surface area contributed by atoms with E-state index in [1.165, 1.54) is 0 Å². The number of nitrogens with zero attached hydrogens (tertiary/aromatic N) is 1. The highest BCUT2D eigenvalue weighted by atomic mass is 79.9. The van der Waals surface area contributed by atoms with Crippen LogP contribution in [0.1, 0.15) is 11.1 Å². The molecule has 108 valence electrons. The van der Waals surface area contributed by atoms with E-state index in [1.54, 1.807) is 20.3 Å². The van der Waals surface area contributed by atoms with Gasteiger partial charge in [0.2, 0.25) is 0 Å². The molecule has 0 aromatic heterocycles. The van der Waals surface area contributed by atoms with Crippen molar-refractivity contribution in [2.75, 3.05) is 19.5 Å². The monoisotopic (exact) mass is 346 g/mol. The molecule has 0 saturated carbocycles. The van der Waals surface area contributed by atoms with Crippen LogP contribution in [-0.2, 0) is 6.54 Å². The zero-order chi connectivity index (χ0) is 15.2. The number of nitrogens with one attached hydrogen (secondary N) is 1. The minimum Gasteiger partial charge on any atom is -0.493 e. The van der Waals surface area contributed by atoms with Gasteiger partial charge in [0.05, 0.1) is 25.9 Å². The van der Waals surface area contributed by atoms with Gasteiger partial charge in [-0.2, -0.15) is 5.26 Å². The fourth-order valence-corrected chi connectivity index (χ4v) is 2.44. The van der Waals surface area contributed by atoms with E-state index >= 15 is 0 Å². The lowest BCUT2D eigenvalue weighted by Gasteiger charge is -2.11. The van der Waals surface area contributed by atoms with Crippen LogP contribution >= 0.6 is 15.9 Å². The summed E-state index contributed by atoms with van der Waals surface area (Å²) in [5.41, 5.74) is 2.56. The molecular formula is C16H15BrN2O2. The molecule has 0 spiro atoms. The van der Waals surface area contributed by atoms with E-state index in [9.17, 15) is 0 Å². The van der Waals surface area contributed by atoms with Gasteiger partial charge in [0.25, 0.3) is 0 Å². The fourth-order valence-electron chi connectivity index (χ4n) is 1.95. The summed E-state index contributed by atoms with van der Waals surface area (Å²) in [6.45, 7) is 0.627. The van der Waals surface area contributed by atoms with Crippen LogP contribution in [0.5, 0.6) is 11.5 Å². The molecule has 0 fully saturated rings. The summed E-state index contributed by atoms with van der Waals surface area (Å²) in [5.74, 6) is 1.40. The second-order valence-electron chi connectivity index (χ2n) is 4.38. The Morgan fingerprint density at radius 1 is 1.10 bits per heavy atom. The third-order valence-electron chi connectivity index (χ3n) is 2.97. The molecule has 0 saturated heterocycles. The van der Waals surface area contributed by atoms with Crippen LogP contribution in [-0.4, -0.2) is 14.2 Å². The molecule has 0 unspecified atom stereocenters. The van der Waals surface area contributed by atoms with Crippen LogP contribution in [0.15, 0.2) is 40.9 Å². The first-order valence-electron chi connectivity index (χ1n) is 6.31. The van der Waals surface area contributed by atoms with E-state index in [4.69, 9.17) is 14.7 Å². The number of anilines is 1. The van der Waals surface area contributed by atoms with Crippen molar-refractivity contribution >= 4 is 21.6 Å². The van der Waals surface area contributed by atoms with Gasteiger partial charge in [-0.25, -0.2) is 0 Å². The third-order valence-corrected chi connectivity index (χ3v) is 3.43. The van der Waals surface area contributed by atoms with Gasteiger partial charge in [0.15, 0.2) is 11.5 Å². The molecule has 1 N–H and O–H groups in total. The Morgan fingerprint density at radius 2 is 1.86 bits per heavy atom. The van der Waals surface area contributed by atoms with E-state index in [-0.39, 0.29) is 0 Å². The number of benzene rings is 2. The Labute approximate surface area is 132 Å². The summed E-state index contributed by atoms with van der Waals surface area (Å²) in [7, 11) is 3.23. The molecule has 0 bridgehead atoms. The Hall–Kier alpha value is -2.19. The highest BCUT2D eigenvalue weighted by Crippen LogP contribution is 2.28. The highest BCUT2D eigenvalue weighted by Gasteiger charge is 2.05. The van der Waals surface area contributed by atoms with Crippen molar-refractivity contribution in [1.29, 1.82) is 5.26 Å². The van der Waals surface area contributed by atoms with Gasteiger partial charge in [0, 0.05) is 16.7 Å². The number of hydrogen-bond donors (Lipinski definition) is 1. The van der Waals surface area contributed by atoms with Crippen molar-refractivity contribution in [3.8, 4) is 17.6 Å². The molecule has 0 radical (unpaired) electrons. The summed E-state index contributed by atoms with van der Waals surface area (Å²) in [4.78, 5) is 0. The standard InChI is InChI=1S/C16H15BrN2O2/c1-20-15-4-3-11(7-16(15)21-2)10-19-14-6-12(9-18)5-13(17)8-14/h3-8,19H,10H2,1-2H3. The lowest BCUT2D eigenvalue weighted by molar-refractivity contribution is 0.354. The molecule has 0 amide bonds. The highest BCUT2D eigenvalue weighted by molar-refractivity contribution is 9.10. The maximum absolute atomic E-state index is 8.97. The van der Waals surface area contributed by atoms with Gasteiger partial charge in [-0.05, 0) is 35.9 Å². The average molecular weight is 347 g/mol. The molecule has 0 heterocycles. The molecule has 0 aliphatic heterocycles. The average Bonchev–Trinajstić information content (AvgIpc) is 2.52. The van der Waals surface area contributed by atoms with Crippen LogP contribution in [0.2, 0.25) is 0 Å². The van der Waals surface area contributed by atoms with Crippen molar-refractivity contribution in [2.45, 2.75) is 6.54 Å². The molecule has 0 aliphatic rings. The maximum atomic E-state index is 8.97. The largest absolute Gasteiger partial charge is 0.493 e. The van der Waals surface area contributed by atoms with Crippen LogP contribution in [0.25, 0.3) is 0 Å². The predicted octanol–water partition coefficient (Wildman–Crippen LogP) is 3.95. The summed E-state index contributed by atoms with van der Waals surface area (Å²) in [6.07, 6.45) is 0. The maximum Gasteiger partial charge on any atom is 0.161 e. The Balaban J connectivity index is 2.13. The lowest BCUT2D eigenvalue weighted by atomic mass is 10.1. The molecule has 0 atom stereocenters. The first-order chi connectivity index (χ1) is 10.2. The van der Waals surface area contributed by atoms with Crippen LogP contribution in [0, 0.1) is 11.3 Å². The molecule has 5 heteroatoms. The number of hydrogen-bond acceptors (Lipinski definition) is 4. The van der Waals surface area contributed by atoms with Crippen molar-refractivity contribution < 1.29 is 9.47 Å². The number of nitriles is 1. The van der Waals surface area contributed by atoms with Crippen molar-refractivity contribution in [2.24, 2.45) is 0 Å². The van der Waals surface area contributed by atoms with E-state index in [2.05, 4.69) is 27.3 Å². The van der Waals surface area contributed by atoms with Crippen LogP contribution in [0.4, 0.5) is 5.69 Å². The first kappa shape index (κ1) is 15.2. The van der Waals surface area contributed by atoms with Gasteiger partial charge in [0.1, 0.15) is 0 Å². The molecule has 4 nitrogen and oxygen atoms in total. The fraction of sp³-hybridized carbons (Fsp3) is 0.188. The molecule has 2 aromatic rings. The smallest absolute Gasteiger partial charge is 0.161 e. The van der Waals surface area contributed by atoms with E-state index in [0.717, 1.165) is 15.7 Å². The minimum atomic E-state index is 0.610. The summed E-state index contributed by atoms with van der Waals surface area (Å²) in [5, 5.41) is 12.3. The Kier molecular flexibility index (Phi) is 5.07. The van der Waals surface area contributed by atoms with Gasteiger partial charge in [-0.15, -0.1) is 0 Å². The Morgan fingerprint density at radius 3 is 2.52 bits per heavy atom. The van der Waals surface area contributed by atoms with Gasteiger partial charge < -0.3 is 14.8 Å². The van der Waals surface area contributed by atoms with E-state index < -0.39 is 0 Å². The van der Waals surface area contributed by atoms with E-state index in [0.29, 0.717) is 23.6 Å². The normalized spacial score (nSPS) is 9.81. The number of ether oxygens (including phenoxy) is 2. The van der Waals surface area contributed by atoms with Crippen LogP contribution < -0.4 is 14.8 Å². The molecule has 2 rings (SSSR count).